The monoisotopic (exact) mass is 306 g/mol. The molecule has 118 valence electrons. The van der Waals surface area contributed by atoms with Crippen LogP contribution in [0.5, 0.6) is 0 Å². The van der Waals surface area contributed by atoms with Crippen LogP contribution in [0.4, 0.5) is 4.79 Å². The summed E-state index contributed by atoms with van der Waals surface area (Å²) < 4.78 is 10.1. The van der Waals surface area contributed by atoms with E-state index in [2.05, 4.69) is 5.32 Å². The molecule has 1 aromatic carbocycles. The zero-order valence-corrected chi connectivity index (χ0v) is 12.5. The van der Waals surface area contributed by atoms with Crippen molar-refractivity contribution >= 4 is 17.9 Å². The Balaban J connectivity index is 1.95. The largest absolute Gasteiger partial charge is 0.449 e. The second kappa shape index (κ2) is 7.04. The van der Waals surface area contributed by atoms with Gasteiger partial charge in [-0.3, -0.25) is 9.69 Å². The van der Waals surface area contributed by atoms with Gasteiger partial charge in [-0.25, -0.2) is 9.59 Å². The fourth-order valence-electron chi connectivity index (χ4n) is 2.08. The van der Waals surface area contributed by atoms with Crippen LogP contribution in [0.2, 0.25) is 0 Å². The molecule has 0 saturated carbocycles. The first kappa shape index (κ1) is 16.0. The Morgan fingerprint density at radius 1 is 1.32 bits per heavy atom. The Kier molecular flexibility index (Phi) is 5.11. The summed E-state index contributed by atoms with van der Waals surface area (Å²) in [6, 6.07) is 6.25. The van der Waals surface area contributed by atoms with Gasteiger partial charge in [-0.1, -0.05) is 12.1 Å². The summed E-state index contributed by atoms with van der Waals surface area (Å²) in [4.78, 5) is 36.5. The molecular formula is C15H18N2O5. The molecule has 1 saturated heterocycles. The summed E-state index contributed by atoms with van der Waals surface area (Å²) in [7, 11) is 1.59. The minimum Gasteiger partial charge on any atom is -0.449 e. The number of nitrogens with zero attached hydrogens (tertiary/aromatic N) is 1. The van der Waals surface area contributed by atoms with Gasteiger partial charge in [-0.05, 0) is 24.6 Å². The predicted molar refractivity (Wildman–Crippen MR) is 77.1 cm³/mol. The van der Waals surface area contributed by atoms with Gasteiger partial charge in [-0.15, -0.1) is 0 Å². The fourth-order valence-corrected chi connectivity index (χ4v) is 2.08. The number of amides is 3. The molecule has 0 aromatic heterocycles. The van der Waals surface area contributed by atoms with Gasteiger partial charge < -0.3 is 14.8 Å². The van der Waals surface area contributed by atoms with E-state index in [0.717, 1.165) is 10.5 Å². The number of rotatable bonds is 5. The van der Waals surface area contributed by atoms with Gasteiger partial charge >= 0.3 is 12.0 Å². The minimum atomic E-state index is -1.02. The van der Waals surface area contributed by atoms with Gasteiger partial charge in [0.2, 0.25) is 0 Å². The minimum absolute atomic E-state index is 0.283. The van der Waals surface area contributed by atoms with Crippen LogP contribution in [-0.4, -0.2) is 49.1 Å². The van der Waals surface area contributed by atoms with Crippen LogP contribution in [0.3, 0.4) is 0 Å². The smallest absolute Gasteiger partial charge is 0.338 e. The molecule has 0 aliphatic carbocycles. The van der Waals surface area contributed by atoms with Crippen molar-refractivity contribution in [3.63, 3.8) is 0 Å². The van der Waals surface area contributed by atoms with Gasteiger partial charge in [0.05, 0.1) is 12.2 Å². The van der Waals surface area contributed by atoms with E-state index in [1.54, 1.807) is 31.4 Å². The first-order valence-corrected chi connectivity index (χ1v) is 6.91. The third-order valence-electron chi connectivity index (χ3n) is 3.26. The third kappa shape index (κ3) is 3.62. The number of methoxy groups -OCH3 is 1. The van der Waals surface area contributed by atoms with Gasteiger partial charge in [0.25, 0.3) is 5.91 Å². The molecule has 1 aliphatic rings. The molecule has 1 N–H and O–H groups in total. The number of imide groups is 1. The van der Waals surface area contributed by atoms with Gasteiger partial charge in [0.1, 0.15) is 0 Å². The highest BCUT2D eigenvalue weighted by molar-refractivity contribution is 5.99. The van der Waals surface area contributed by atoms with Crippen molar-refractivity contribution < 1.29 is 23.9 Å². The Hall–Kier alpha value is -2.41. The van der Waals surface area contributed by atoms with E-state index in [4.69, 9.17) is 9.47 Å². The lowest BCUT2D eigenvalue weighted by molar-refractivity contribution is -0.136. The zero-order chi connectivity index (χ0) is 16.1. The van der Waals surface area contributed by atoms with Crippen molar-refractivity contribution in [3.8, 4) is 0 Å². The second-order valence-electron chi connectivity index (χ2n) is 4.90. The lowest BCUT2D eigenvalue weighted by Gasteiger charge is -2.18. The number of urea groups is 1. The van der Waals surface area contributed by atoms with Crippen molar-refractivity contribution in [3.05, 3.63) is 35.4 Å². The highest BCUT2D eigenvalue weighted by atomic mass is 16.5. The number of hydrogen-bond donors (Lipinski definition) is 1. The highest BCUT2D eigenvalue weighted by Gasteiger charge is 2.31. The van der Waals surface area contributed by atoms with Gasteiger partial charge in [0.15, 0.2) is 6.10 Å². The van der Waals surface area contributed by atoms with Crippen LogP contribution in [0.1, 0.15) is 22.8 Å². The number of ether oxygens (including phenoxy) is 2. The summed E-state index contributed by atoms with van der Waals surface area (Å²) in [5, 5.41) is 2.52. The number of benzene rings is 1. The van der Waals surface area contributed by atoms with Crippen molar-refractivity contribution in [1.29, 1.82) is 0 Å². The van der Waals surface area contributed by atoms with Crippen molar-refractivity contribution in [2.24, 2.45) is 0 Å². The van der Waals surface area contributed by atoms with E-state index in [-0.39, 0.29) is 6.54 Å². The summed E-state index contributed by atoms with van der Waals surface area (Å²) >= 11 is 0. The first-order chi connectivity index (χ1) is 10.5. The average molecular weight is 306 g/mol. The zero-order valence-electron chi connectivity index (χ0n) is 12.5. The highest BCUT2D eigenvalue weighted by Crippen LogP contribution is 2.10. The predicted octanol–water partition coefficient (Wildman–Crippen LogP) is 0.930. The summed E-state index contributed by atoms with van der Waals surface area (Å²) in [5.41, 5.74) is 1.27. The summed E-state index contributed by atoms with van der Waals surface area (Å²) in [6.45, 7) is 2.59. The van der Waals surface area contributed by atoms with Crippen LogP contribution in [0.15, 0.2) is 24.3 Å². The van der Waals surface area contributed by atoms with Crippen molar-refractivity contribution in [1.82, 2.24) is 10.2 Å². The normalized spacial score (nSPS) is 15.4. The molecule has 1 fully saturated rings. The lowest BCUT2D eigenvalue weighted by atomic mass is 10.1. The van der Waals surface area contributed by atoms with Crippen LogP contribution < -0.4 is 5.32 Å². The third-order valence-corrected chi connectivity index (χ3v) is 3.26. The molecule has 1 aromatic rings. The number of carbonyl (C=O) groups excluding carboxylic acids is 3. The van der Waals surface area contributed by atoms with E-state index in [0.29, 0.717) is 18.7 Å². The molecule has 2 rings (SSSR count). The number of nitrogens with one attached hydrogen (secondary N) is 1. The lowest BCUT2D eigenvalue weighted by Crippen LogP contribution is -2.41. The van der Waals surface area contributed by atoms with Gasteiger partial charge in [-0.2, -0.15) is 0 Å². The van der Waals surface area contributed by atoms with Crippen molar-refractivity contribution in [2.75, 3.05) is 20.2 Å². The van der Waals surface area contributed by atoms with E-state index in [1.165, 1.54) is 6.92 Å². The Morgan fingerprint density at radius 2 is 2.00 bits per heavy atom. The molecule has 0 spiro atoms. The number of esters is 1. The summed E-state index contributed by atoms with van der Waals surface area (Å²) in [5.74, 6) is -1.14. The quantitative estimate of drug-likeness (QED) is 0.818. The maximum Gasteiger partial charge on any atom is 0.338 e. The fraction of sp³-hybridized carbons (Fsp3) is 0.400. The Bertz CT molecular complexity index is 570. The molecule has 22 heavy (non-hydrogen) atoms. The molecule has 0 radical (unpaired) electrons. The van der Waals surface area contributed by atoms with E-state index in [1.807, 2.05) is 0 Å². The molecule has 1 unspecified atom stereocenters. The van der Waals surface area contributed by atoms with Crippen LogP contribution in [-0.2, 0) is 20.9 Å². The Labute approximate surface area is 128 Å². The van der Waals surface area contributed by atoms with Crippen LogP contribution in [0.25, 0.3) is 0 Å². The second-order valence-corrected chi connectivity index (χ2v) is 4.90. The first-order valence-electron chi connectivity index (χ1n) is 6.91. The number of hydrogen-bond acceptors (Lipinski definition) is 5. The summed E-state index contributed by atoms with van der Waals surface area (Å²) in [6.07, 6.45) is -1.02. The van der Waals surface area contributed by atoms with Gasteiger partial charge in [0, 0.05) is 20.2 Å². The SMILES string of the molecule is COCc1ccc(C(=O)OC(C)C(=O)N2CCNC2=O)cc1. The molecule has 1 aliphatic heterocycles. The van der Waals surface area contributed by atoms with Crippen molar-refractivity contribution in [2.45, 2.75) is 19.6 Å². The van der Waals surface area contributed by atoms with Crippen LogP contribution >= 0.6 is 0 Å². The molecule has 0 bridgehead atoms. The van der Waals surface area contributed by atoms with E-state index < -0.39 is 24.0 Å². The molecule has 1 heterocycles. The molecule has 1 atom stereocenters. The average Bonchev–Trinajstić information content (AvgIpc) is 2.93. The topological polar surface area (TPSA) is 84.9 Å². The molecule has 7 nitrogen and oxygen atoms in total. The molecule has 3 amide bonds. The standard InChI is InChI=1S/C15H18N2O5/c1-10(13(18)17-8-7-16-15(17)20)22-14(19)12-5-3-11(4-6-12)9-21-2/h3-6,10H,7-9H2,1-2H3,(H,16,20). The number of carbonyl (C=O) groups is 3. The maximum absolute atomic E-state index is 12.0. The Morgan fingerprint density at radius 3 is 2.55 bits per heavy atom. The maximum atomic E-state index is 12.0. The molecular weight excluding hydrogens is 288 g/mol. The van der Waals surface area contributed by atoms with E-state index >= 15 is 0 Å². The van der Waals surface area contributed by atoms with E-state index in [9.17, 15) is 14.4 Å². The van der Waals surface area contributed by atoms with Crippen LogP contribution in [0, 0.1) is 0 Å². The molecule has 7 heteroatoms.